The zero-order valence-corrected chi connectivity index (χ0v) is 8.09. The van der Waals surface area contributed by atoms with Crippen LogP contribution >= 0.6 is 11.6 Å². The number of hydrogen-bond acceptors (Lipinski definition) is 5. The van der Waals surface area contributed by atoms with Crippen LogP contribution in [0.3, 0.4) is 0 Å². The molecule has 14 heavy (non-hydrogen) atoms. The van der Waals surface area contributed by atoms with E-state index in [-0.39, 0.29) is 0 Å². The Kier molecular flexibility index (Phi) is 2.54. The lowest BCUT2D eigenvalue weighted by molar-refractivity contribution is 0.0572. The summed E-state index contributed by atoms with van der Waals surface area (Å²) in [5.41, 5.74) is 0. The number of aliphatic hydroxyl groups is 2. The van der Waals surface area contributed by atoms with E-state index >= 15 is 0 Å². The smallest absolute Gasteiger partial charge is 0.151 e. The lowest BCUT2D eigenvalue weighted by atomic mass is 10.3. The molecule has 0 amide bonds. The van der Waals surface area contributed by atoms with Gasteiger partial charge in [0, 0.05) is 13.1 Å². The molecule has 1 saturated heterocycles. The van der Waals surface area contributed by atoms with Crippen molar-refractivity contribution in [3.05, 3.63) is 17.3 Å². The molecule has 1 aromatic heterocycles. The van der Waals surface area contributed by atoms with Crippen LogP contribution in [0.2, 0.25) is 5.15 Å². The highest BCUT2D eigenvalue weighted by Gasteiger charge is 2.30. The fraction of sp³-hybridized carbons (Fsp3) is 0.500. The molecule has 5 nitrogen and oxygen atoms in total. The lowest BCUT2D eigenvalue weighted by Gasteiger charge is -2.14. The zero-order valence-electron chi connectivity index (χ0n) is 7.34. The van der Waals surface area contributed by atoms with Gasteiger partial charge < -0.3 is 15.1 Å². The average Bonchev–Trinajstić information content (AvgIpc) is 2.48. The Bertz CT molecular complexity index is 309. The van der Waals surface area contributed by atoms with Crippen molar-refractivity contribution in [3.63, 3.8) is 0 Å². The Morgan fingerprint density at radius 1 is 1.21 bits per heavy atom. The Morgan fingerprint density at radius 3 is 2.36 bits per heavy atom. The maximum absolute atomic E-state index is 9.32. The molecular formula is C8H10ClN3O2. The molecule has 2 heterocycles. The molecule has 2 rings (SSSR count). The van der Waals surface area contributed by atoms with Gasteiger partial charge in [0.25, 0.3) is 0 Å². The topological polar surface area (TPSA) is 69.5 Å². The van der Waals surface area contributed by atoms with Crippen LogP contribution in [0.4, 0.5) is 5.82 Å². The second-order valence-corrected chi connectivity index (χ2v) is 3.64. The number of aliphatic hydroxyl groups excluding tert-OH is 2. The third-order valence-corrected chi connectivity index (χ3v) is 2.40. The molecule has 2 N–H and O–H groups in total. The minimum Gasteiger partial charge on any atom is -0.389 e. The monoisotopic (exact) mass is 215 g/mol. The molecule has 0 saturated carbocycles. The van der Waals surface area contributed by atoms with Crippen molar-refractivity contribution in [1.29, 1.82) is 0 Å². The fourth-order valence-electron chi connectivity index (χ4n) is 1.43. The Labute approximate surface area is 85.9 Å². The molecule has 1 aliphatic rings. The minimum absolute atomic E-state index is 0.328. The van der Waals surface area contributed by atoms with Crippen LogP contribution in [-0.2, 0) is 0 Å². The second kappa shape index (κ2) is 3.68. The van der Waals surface area contributed by atoms with Crippen LogP contribution in [0.5, 0.6) is 0 Å². The van der Waals surface area contributed by atoms with E-state index in [1.807, 2.05) is 0 Å². The summed E-state index contributed by atoms with van der Waals surface area (Å²) in [7, 11) is 0. The number of β-amino-alcohol motifs (C(OH)–C–C–N with tert-alkyl or cyclic N) is 2. The second-order valence-electron chi connectivity index (χ2n) is 3.25. The van der Waals surface area contributed by atoms with Gasteiger partial charge in [-0.05, 0) is 12.1 Å². The number of anilines is 1. The molecule has 2 atom stereocenters. The largest absolute Gasteiger partial charge is 0.389 e. The van der Waals surface area contributed by atoms with Gasteiger partial charge in [0.2, 0.25) is 0 Å². The van der Waals surface area contributed by atoms with Gasteiger partial charge in [0.1, 0.15) is 0 Å². The molecular weight excluding hydrogens is 206 g/mol. The highest BCUT2D eigenvalue weighted by molar-refractivity contribution is 6.29. The van der Waals surface area contributed by atoms with Crippen molar-refractivity contribution < 1.29 is 10.2 Å². The first-order valence-electron chi connectivity index (χ1n) is 4.27. The van der Waals surface area contributed by atoms with Crippen LogP contribution in [0.15, 0.2) is 12.1 Å². The van der Waals surface area contributed by atoms with Crippen LogP contribution in [0.1, 0.15) is 0 Å². The van der Waals surface area contributed by atoms with Crippen molar-refractivity contribution >= 4 is 17.4 Å². The van der Waals surface area contributed by atoms with E-state index < -0.39 is 12.2 Å². The van der Waals surface area contributed by atoms with E-state index in [1.54, 1.807) is 17.0 Å². The first-order valence-corrected chi connectivity index (χ1v) is 4.65. The third-order valence-electron chi connectivity index (χ3n) is 2.20. The van der Waals surface area contributed by atoms with Gasteiger partial charge in [-0.2, -0.15) is 0 Å². The molecule has 0 aliphatic carbocycles. The molecule has 0 bridgehead atoms. The fourth-order valence-corrected chi connectivity index (χ4v) is 1.53. The van der Waals surface area contributed by atoms with Crippen LogP contribution < -0.4 is 4.90 Å². The summed E-state index contributed by atoms with van der Waals surface area (Å²) in [6.45, 7) is 0.745. The van der Waals surface area contributed by atoms with Gasteiger partial charge in [-0.25, -0.2) is 0 Å². The summed E-state index contributed by atoms with van der Waals surface area (Å²) >= 11 is 5.58. The van der Waals surface area contributed by atoms with Crippen molar-refractivity contribution in [2.24, 2.45) is 0 Å². The first-order chi connectivity index (χ1) is 6.66. The van der Waals surface area contributed by atoms with Crippen molar-refractivity contribution in [3.8, 4) is 0 Å². The SMILES string of the molecule is OC1CN(c2ccc(Cl)nn2)CC1O. The standard InChI is InChI=1S/C8H10ClN3O2/c9-7-1-2-8(11-10-7)12-3-5(13)6(14)4-12/h1-2,5-6,13-14H,3-4H2. The minimum atomic E-state index is -0.715. The normalized spacial score (nSPS) is 26.9. The predicted molar refractivity (Wildman–Crippen MR) is 51.3 cm³/mol. The predicted octanol–water partition coefficient (Wildman–Crippen LogP) is -0.328. The Hall–Kier alpha value is -0.910. The summed E-state index contributed by atoms with van der Waals surface area (Å²) in [5.74, 6) is 0.616. The van der Waals surface area contributed by atoms with Gasteiger partial charge in [-0.3, -0.25) is 0 Å². The summed E-state index contributed by atoms with van der Waals surface area (Å²) in [4.78, 5) is 1.76. The van der Waals surface area contributed by atoms with Gasteiger partial charge in [-0.1, -0.05) is 11.6 Å². The number of halogens is 1. The molecule has 2 unspecified atom stereocenters. The van der Waals surface area contributed by atoms with Gasteiger partial charge in [-0.15, -0.1) is 10.2 Å². The maximum Gasteiger partial charge on any atom is 0.151 e. The summed E-state index contributed by atoms with van der Waals surface area (Å²) in [6.07, 6.45) is -1.43. The molecule has 76 valence electrons. The van der Waals surface area contributed by atoms with Crippen LogP contribution in [0, 0.1) is 0 Å². The van der Waals surface area contributed by atoms with Gasteiger partial charge >= 0.3 is 0 Å². The quantitative estimate of drug-likeness (QED) is 0.672. The highest BCUT2D eigenvalue weighted by atomic mass is 35.5. The molecule has 1 aliphatic heterocycles. The lowest BCUT2D eigenvalue weighted by Crippen LogP contribution is -2.22. The maximum atomic E-state index is 9.32. The highest BCUT2D eigenvalue weighted by Crippen LogP contribution is 2.18. The van der Waals surface area contributed by atoms with Crippen molar-refractivity contribution in [2.45, 2.75) is 12.2 Å². The van der Waals surface area contributed by atoms with E-state index in [1.165, 1.54) is 0 Å². The summed E-state index contributed by atoms with van der Waals surface area (Å²) in [5, 5.41) is 26.5. The van der Waals surface area contributed by atoms with E-state index in [9.17, 15) is 10.2 Å². The molecule has 0 radical (unpaired) electrons. The molecule has 0 aromatic carbocycles. The molecule has 6 heteroatoms. The number of aromatic nitrogens is 2. The van der Waals surface area contributed by atoms with Crippen molar-refractivity contribution in [1.82, 2.24) is 10.2 Å². The molecule has 1 fully saturated rings. The molecule has 1 aromatic rings. The third kappa shape index (κ3) is 1.79. The van der Waals surface area contributed by atoms with E-state index in [0.717, 1.165) is 0 Å². The van der Waals surface area contributed by atoms with E-state index in [4.69, 9.17) is 11.6 Å². The number of rotatable bonds is 1. The van der Waals surface area contributed by atoms with Gasteiger partial charge in [0.05, 0.1) is 12.2 Å². The van der Waals surface area contributed by atoms with Crippen LogP contribution in [0.25, 0.3) is 0 Å². The van der Waals surface area contributed by atoms with E-state index in [0.29, 0.717) is 24.1 Å². The van der Waals surface area contributed by atoms with Crippen LogP contribution in [-0.4, -0.2) is 45.7 Å². The van der Waals surface area contributed by atoms with Gasteiger partial charge in [0.15, 0.2) is 11.0 Å². The Morgan fingerprint density at radius 2 is 1.86 bits per heavy atom. The number of hydrogen-bond donors (Lipinski definition) is 2. The van der Waals surface area contributed by atoms with E-state index in [2.05, 4.69) is 10.2 Å². The number of nitrogens with zero attached hydrogens (tertiary/aromatic N) is 3. The zero-order chi connectivity index (χ0) is 10.1. The summed E-state index contributed by atoms with van der Waals surface area (Å²) in [6, 6.07) is 3.33. The molecule has 0 spiro atoms. The average molecular weight is 216 g/mol. The van der Waals surface area contributed by atoms with Crippen molar-refractivity contribution in [2.75, 3.05) is 18.0 Å². The Balaban J connectivity index is 2.13. The summed E-state index contributed by atoms with van der Waals surface area (Å²) < 4.78 is 0. The first kappa shape index (κ1) is 9.64.